The van der Waals surface area contributed by atoms with E-state index in [-0.39, 0.29) is 5.70 Å². The molecule has 26 heavy (non-hydrogen) atoms. The number of hydrogen-bond acceptors (Lipinski definition) is 4. The predicted octanol–water partition coefficient (Wildman–Crippen LogP) is 3.14. The Bertz CT molecular complexity index is 825. The van der Waals surface area contributed by atoms with Crippen molar-refractivity contribution in [2.24, 2.45) is 0 Å². The molecule has 0 aliphatic carbocycles. The van der Waals surface area contributed by atoms with Gasteiger partial charge in [-0.1, -0.05) is 35.9 Å². The van der Waals surface area contributed by atoms with Crippen LogP contribution in [-0.2, 0) is 16.2 Å². The summed E-state index contributed by atoms with van der Waals surface area (Å²) in [7, 11) is 1.53. The molecule has 0 atom stereocenters. The topological polar surface area (TPSA) is 84.9 Å². The molecule has 0 radical (unpaired) electrons. The van der Waals surface area contributed by atoms with Crippen molar-refractivity contribution < 1.29 is 24.2 Å². The van der Waals surface area contributed by atoms with Crippen LogP contribution in [0, 0.1) is 6.92 Å². The van der Waals surface area contributed by atoms with Crippen LogP contribution in [0.4, 0.5) is 0 Å². The molecule has 2 aromatic carbocycles. The molecule has 2 rings (SSSR count). The van der Waals surface area contributed by atoms with E-state index < -0.39 is 11.9 Å². The van der Waals surface area contributed by atoms with E-state index in [1.807, 2.05) is 31.2 Å². The van der Waals surface area contributed by atoms with Gasteiger partial charge in [0.05, 0.1) is 7.11 Å². The minimum absolute atomic E-state index is 0.216. The number of rotatable bonds is 7. The van der Waals surface area contributed by atoms with Crippen molar-refractivity contribution in [1.82, 2.24) is 5.32 Å². The van der Waals surface area contributed by atoms with E-state index in [0.717, 1.165) is 11.1 Å². The fraction of sp³-hybridized carbons (Fsp3) is 0.200. The van der Waals surface area contributed by atoms with Crippen molar-refractivity contribution in [3.05, 3.63) is 64.9 Å². The zero-order valence-electron chi connectivity index (χ0n) is 14.9. The van der Waals surface area contributed by atoms with Gasteiger partial charge in [0.25, 0.3) is 0 Å². The first-order chi connectivity index (χ1) is 12.4. The maximum absolute atomic E-state index is 11.2. The van der Waals surface area contributed by atoms with Crippen LogP contribution >= 0.6 is 0 Å². The molecule has 0 saturated carbocycles. The Kier molecular flexibility index (Phi) is 6.38. The van der Waals surface area contributed by atoms with Gasteiger partial charge in [-0.25, -0.2) is 4.79 Å². The highest BCUT2D eigenvalue weighted by atomic mass is 16.5. The van der Waals surface area contributed by atoms with Gasteiger partial charge in [0.2, 0.25) is 5.91 Å². The average Bonchev–Trinajstić information content (AvgIpc) is 2.60. The summed E-state index contributed by atoms with van der Waals surface area (Å²) in [4.78, 5) is 22.4. The molecule has 0 fully saturated rings. The monoisotopic (exact) mass is 355 g/mol. The Labute approximate surface area is 152 Å². The van der Waals surface area contributed by atoms with E-state index in [4.69, 9.17) is 9.47 Å². The van der Waals surface area contributed by atoms with Crippen molar-refractivity contribution in [3.63, 3.8) is 0 Å². The standard InChI is InChI=1S/C20H21NO5/c1-13-4-6-15(7-5-13)12-26-19-11-16(8-9-18(19)25-3)10-17(20(23)24)21-14(2)22/h4-11H,12H2,1-3H3,(H,21,22)(H,23,24). The van der Waals surface area contributed by atoms with Crippen LogP contribution in [0.3, 0.4) is 0 Å². The molecule has 0 bridgehead atoms. The first-order valence-electron chi connectivity index (χ1n) is 7.98. The molecular weight excluding hydrogens is 334 g/mol. The summed E-state index contributed by atoms with van der Waals surface area (Å²) in [6.45, 7) is 3.61. The number of carboxylic acid groups (broad SMARTS) is 1. The second-order valence-corrected chi connectivity index (χ2v) is 5.73. The van der Waals surface area contributed by atoms with Crippen LogP contribution in [0.25, 0.3) is 6.08 Å². The molecule has 0 unspecified atom stereocenters. The number of carbonyl (C=O) groups is 2. The number of benzene rings is 2. The maximum Gasteiger partial charge on any atom is 0.352 e. The van der Waals surface area contributed by atoms with Crippen molar-refractivity contribution in [2.45, 2.75) is 20.5 Å². The molecule has 1 amide bonds. The SMILES string of the molecule is COc1ccc(C=C(NC(C)=O)C(=O)O)cc1OCc1ccc(C)cc1. The second-order valence-electron chi connectivity index (χ2n) is 5.73. The Morgan fingerprint density at radius 3 is 2.38 bits per heavy atom. The quantitative estimate of drug-likeness (QED) is 0.745. The van der Waals surface area contributed by atoms with Crippen LogP contribution < -0.4 is 14.8 Å². The van der Waals surface area contributed by atoms with Crippen molar-refractivity contribution in [2.75, 3.05) is 7.11 Å². The second kappa shape index (κ2) is 8.71. The molecule has 0 saturated heterocycles. The van der Waals surface area contributed by atoms with E-state index in [0.29, 0.717) is 23.7 Å². The third kappa shape index (κ3) is 5.37. The zero-order valence-corrected chi connectivity index (χ0v) is 14.9. The molecule has 0 aliphatic heterocycles. The number of carboxylic acids is 1. The number of amides is 1. The number of aryl methyl sites for hydroxylation is 1. The predicted molar refractivity (Wildman–Crippen MR) is 97.9 cm³/mol. The van der Waals surface area contributed by atoms with Gasteiger partial charge in [0.1, 0.15) is 12.3 Å². The third-order valence-electron chi connectivity index (χ3n) is 3.55. The molecule has 6 heteroatoms. The summed E-state index contributed by atoms with van der Waals surface area (Å²) in [6, 6.07) is 13.0. The first-order valence-corrected chi connectivity index (χ1v) is 7.98. The number of aliphatic carboxylic acids is 1. The molecule has 0 aromatic heterocycles. The van der Waals surface area contributed by atoms with E-state index >= 15 is 0 Å². The van der Waals surface area contributed by atoms with E-state index in [2.05, 4.69) is 5.32 Å². The van der Waals surface area contributed by atoms with Crippen molar-refractivity contribution in [1.29, 1.82) is 0 Å². The highest BCUT2D eigenvalue weighted by Crippen LogP contribution is 2.29. The van der Waals surface area contributed by atoms with E-state index in [1.54, 1.807) is 18.2 Å². The van der Waals surface area contributed by atoms with Crippen LogP contribution in [-0.4, -0.2) is 24.1 Å². The van der Waals surface area contributed by atoms with Crippen LogP contribution in [0.15, 0.2) is 48.2 Å². The van der Waals surface area contributed by atoms with Gasteiger partial charge in [-0.3, -0.25) is 4.79 Å². The fourth-order valence-electron chi connectivity index (χ4n) is 2.25. The molecule has 2 aromatic rings. The zero-order chi connectivity index (χ0) is 19.1. The van der Waals surface area contributed by atoms with Crippen LogP contribution in [0.1, 0.15) is 23.6 Å². The smallest absolute Gasteiger partial charge is 0.352 e. The number of methoxy groups -OCH3 is 1. The van der Waals surface area contributed by atoms with E-state index in [9.17, 15) is 14.7 Å². The summed E-state index contributed by atoms with van der Waals surface area (Å²) < 4.78 is 11.1. The third-order valence-corrected chi connectivity index (χ3v) is 3.55. The summed E-state index contributed by atoms with van der Waals surface area (Å²) in [5.74, 6) is -0.666. The van der Waals surface area contributed by atoms with Crippen molar-refractivity contribution in [3.8, 4) is 11.5 Å². The normalized spacial score (nSPS) is 11.0. The molecule has 136 valence electrons. The maximum atomic E-state index is 11.2. The molecule has 0 spiro atoms. The summed E-state index contributed by atoms with van der Waals surface area (Å²) in [5, 5.41) is 11.5. The number of hydrogen-bond donors (Lipinski definition) is 2. The van der Waals surface area contributed by atoms with Gasteiger partial charge in [-0.05, 0) is 36.3 Å². The Morgan fingerprint density at radius 2 is 1.81 bits per heavy atom. The molecular formula is C20H21NO5. The van der Waals surface area contributed by atoms with Gasteiger partial charge in [-0.2, -0.15) is 0 Å². The number of ether oxygens (including phenoxy) is 2. The number of nitrogens with one attached hydrogen (secondary N) is 1. The van der Waals surface area contributed by atoms with Gasteiger partial charge in [0, 0.05) is 6.92 Å². The minimum Gasteiger partial charge on any atom is -0.493 e. The van der Waals surface area contributed by atoms with E-state index in [1.165, 1.54) is 20.1 Å². The van der Waals surface area contributed by atoms with Crippen LogP contribution in [0.5, 0.6) is 11.5 Å². The minimum atomic E-state index is -1.22. The largest absolute Gasteiger partial charge is 0.493 e. The highest BCUT2D eigenvalue weighted by molar-refractivity contribution is 5.96. The lowest BCUT2D eigenvalue weighted by Gasteiger charge is -2.12. The number of carbonyl (C=O) groups excluding carboxylic acids is 1. The van der Waals surface area contributed by atoms with Crippen LogP contribution in [0.2, 0.25) is 0 Å². The molecule has 0 aliphatic rings. The molecule has 2 N–H and O–H groups in total. The Balaban J connectivity index is 2.25. The lowest BCUT2D eigenvalue weighted by molar-refractivity contribution is -0.134. The Morgan fingerprint density at radius 1 is 1.12 bits per heavy atom. The lowest BCUT2D eigenvalue weighted by Crippen LogP contribution is -2.24. The highest BCUT2D eigenvalue weighted by Gasteiger charge is 2.11. The summed E-state index contributed by atoms with van der Waals surface area (Å²) in [5.41, 5.74) is 2.52. The average molecular weight is 355 g/mol. The van der Waals surface area contributed by atoms with Gasteiger partial charge < -0.3 is 19.9 Å². The van der Waals surface area contributed by atoms with Crippen molar-refractivity contribution >= 4 is 18.0 Å². The van der Waals surface area contributed by atoms with Gasteiger partial charge in [-0.15, -0.1) is 0 Å². The van der Waals surface area contributed by atoms with Gasteiger partial charge in [0.15, 0.2) is 11.5 Å². The fourth-order valence-corrected chi connectivity index (χ4v) is 2.25. The lowest BCUT2D eigenvalue weighted by atomic mass is 10.1. The Hall–Kier alpha value is -3.28. The van der Waals surface area contributed by atoms with Gasteiger partial charge >= 0.3 is 5.97 Å². The summed E-state index contributed by atoms with van der Waals surface area (Å²) in [6.07, 6.45) is 1.36. The molecule has 6 nitrogen and oxygen atoms in total. The first kappa shape index (κ1) is 19.1. The summed E-state index contributed by atoms with van der Waals surface area (Å²) >= 11 is 0. The molecule has 0 heterocycles.